The van der Waals surface area contributed by atoms with E-state index in [0.717, 1.165) is 0 Å². The van der Waals surface area contributed by atoms with Crippen LogP contribution in [0.4, 0.5) is 0 Å². The maximum atomic E-state index is 12.3. The van der Waals surface area contributed by atoms with E-state index in [1.165, 1.54) is 0 Å². The Bertz CT molecular complexity index is 982. The number of H-pyrrole nitrogens is 1. The molecule has 3 rings (SSSR count). The Morgan fingerprint density at radius 1 is 1.04 bits per heavy atom. The lowest BCUT2D eigenvalue weighted by Gasteiger charge is -2.15. The fraction of sp³-hybridized carbons (Fsp3) is 0.111. The van der Waals surface area contributed by atoms with Gasteiger partial charge in [0, 0.05) is 5.39 Å². The van der Waals surface area contributed by atoms with Gasteiger partial charge in [-0.3, -0.25) is 9.59 Å². The van der Waals surface area contributed by atoms with Crippen molar-refractivity contribution in [2.24, 2.45) is 0 Å². The van der Waals surface area contributed by atoms with Crippen LogP contribution >= 0.6 is 0 Å². The van der Waals surface area contributed by atoms with Gasteiger partial charge in [0.05, 0.1) is 17.5 Å². The second kappa shape index (κ2) is 6.96. The molecule has 0 aliphatic carbocycles. The second-order valence-electron chi connectivity index (χ2n) is 5.47. The van der Waals surface area contributed by atoms with Crippen LogP contribution in [0.5, 0.6) is 0 Å². The van der Waals surface area contributed by atoms with Gasteiger partial charge in [0.1, 0.15) is 0 Å². The Balaban J connectivity index is 1.84. The number of fused-ring (bicyclic) bond motifs is 1. The quantitative estimate of drug-likeness (QED) is 0.651. The summed E-state index contributed by atoms with van der Waals surface area (Å²) in [5.41, 5.74) is 0.514. The number of carboxylic acid groups (broad SMARTS) is 1. The van der Waals surface area contributed by atoms with Crippen LogP contribution in [0, 0.1) is 0 Å². The third kappa shape index (κ3) is 3.55. The molecule has 0 radical (unpaired) electrons. The molecule has 0 aliphatic rings. The van der Waals surface area contributed by atoms with Crippen LogP contribution in [0.2, 0.25) is 0 Å². The lowest BCUT2D eigenvalue weighted by Crippen LogP contribution is -2.35. The van der Waals surface area contributed by atoms with Crippen molar-refractivity contribution < 1.29 is 14.7 Å². The zero-order chi connectivity index (χ0) is 17.8. The summed E-state index contributed by atoms with van der Waals surface area (Å²) in [6.45, 7) is 0. The summed E-state index contributed by atoms with van der Waals surface area (Å²) < 4.78 is 0. The number of carbonyl (C=O) groups is 2. The molecule has 3 N–H and O–H groups in total. The molecule has 2 aromatic carbocycles. The SMILES string of the molecule is O=C(Cc1n[nH]c(=O)c2ccccc12)N[C@H](C(=O)O)c1ccccc1. The van der Waals surface area contributed by atoms with Gasteiger partial charge >= 0.3 is 5.97 Å². The number of hydrogen-bond acceptors (Lipinski definition) is 4. The number of aliphatic carboxylic acids is 1. The topological polar surface area (TPSA) is 112 Å². The minimum Gasteiger partial charge on any atom is -0.479 e. The normalized spacial score (nSPS) is 11.8. The molecule has 0 saturated carbocycles. The number of benzene rings is 2. The highest BCUT2D eigenvalue weighted by Gasteiger charge is 2.22. The van der Waals surface area contributed by atoms with E-state index in [-0.39, 0.29) is 12.0 Å². The van der Waals surface area contributed by atoms with E-state index in [1.54, 1.807) is 54.6 Å². The summed E-state index contributed by atoms with van der Waals surface area (Å²) in [6, 6.07) is 14.1. The molecule has 1 heterocycles. The van der Waals surface area contributed by atoms with E-state index in [1.807, 2.05) is 0 Å². The highest BCUT2D eigenvalue weighted by Crippen LogP contribution is 2.15. The molecule has 1 aromatic heterocycles. The fourth-order valence-electron chi connectivity index (χ4n) is 2.60. The molecule has 1 atom stereocenters. The average Bonchev–Trinajstić information content (AvgIpc) is 2.63. The third-order valence-electron chi connectivity index (χ3n) is 3.79. The highest BCUT2D eigenvalue weighted by molar-refractivity contribution is 5.90. The largest absolute Gasteiger partial charge is 0.479 e. The standard InChI is InChI=1S/C18H15N3O4/c22-15(19-16(18(24)25)11-6-2-1-3-7-11)10-14-12-8-4-5-9-13(12)17(23)21-20-14/h1-9,16H,10H2,(H,19,22)(H,21,23)(H,24,25)/t16-/m0/s1. The van der Waals surface area contributed by atoms with Gasteiger partial charge in [-0.1, -0.05) is 48.5 Å². The first-order valence-electron chi connectivity index (χ1n) is 7.59. The smallest absolute Gasteiger partial charge is 0.330 e. The Hall–Kier alpha value is -3.48. The van der Waals surface area contributed by atoms with Crippen molar-refractivity contribution in [3.05, 3.63) is 76.2 Å². The Morgan fingerprint density at radius 3 is 2.36 bits per heavy atom. The van der Waals surface area contributed by atoms with Gasteiger partial charge in [0.25, 0.3) is 5.56 Å². The fourth-order valence-corrected chi connectivity index (χ4v) is 2.60. The minimum absolute atomic E-state index is 0.145. The molecule has 0 spiro atoms. The van der Waals surface area contributed by atoms with Gasteiger partial charge in [0.2, 0.25) is 5.91 Å². The summed E-state index contributed by atoms with van der Waals surface area (Å²) in [7, 11) is 0. The number of hydrogen-bond donors (Lipinski definition) is 3. The summed E-state index contributed by atoms with van der Waals surface area (Å²) in [4.78, 5) is 35.6. The third-order valence-corrected chi connectivity index (χ3v) is 3.79. The van der Waals surface area contributed by atoms with Crippen LogP contribution in [0.25, 0.3) is 10.8 Å². The lowest BCUT2D eigenvalue weighted by molar-refractivity contribution is -0.142. The van der Waals surface area contributed by atoms with E-state index < -0.39 is 17.9 Å². The zero-order valence-corrected chi connectivity index (χ0v) is 13.1. The molecule has 0 bridgehead atoms. The van der Waals surface area contributed by atoms with Crippen LogP contribution in [0.3, 0.4) is 0 Å². The monoisotopic (exact) mass is 337 g/mol. The summed E-state index contributed by atoms with van der Waals surface area (Å²) in [5, 5.41) is 19.1. The van der Waals surface area contributed by atoms with E-state index >= 15 is 0 Å². The van der Waals surface area contributed by atoms with Crippen molar-refractivity contribution in [1.29, 1.82) is 0 Å². The number of rotatable bonds is 5. The summed E-state index contributed by atoms with van der Waals surface area (Å²) >= 11 is 0. The van der Waals surface area contributed by atoms with Crippen molar-refractivity contribution in [3.8, 4) is 0 Å². The molecule has 0 aliphatic heterocycles. The molecule has 0 fully saturated rings. The molecular weight excluding hydrogens is 322 g/mol. The van der Waals surface area contributed by atoms with Crippen LogP contribution in [-0.4, -0.2) is 27.2 Å². The Kier molecular flexibility index (Phi) is 4.56. The Labute approximate surface area is 142 Å². The van der Waals surface area contributed by atoms with Gasteiger partial charge in [0.15, 0.2) is 6.04 Å². The van der Waals surface area contributed by atoms with Crippen molar-refractivity contribution in [2.45, 2.75) is 12.5 Å². The van der Waals surface area contributed by atoms with Gasteiger partial charge in [-0.15, -0.1) is 0 Å². The number of nitrogens with zero attached hydrogens (tertiary/aromatic N) is 1. The molecule has 126 valence electrons. The predicted molar refractivity (Wildman–Crippen MR) is 91.0 cm³/mol. The van der Waals surface area contributed by atoms with Crippen LogP contribution in [0.1, 0.15) is 17.3 Å². The van der Waals surface area contributed by atoms with Gasteiger partial charge in [-0.2, -0.15) is 5.10 Å². The number of nitrogens with one attached hydrogen (secondary N) is 2. The number of aromatic amines is 1. The first-order chi connectivity index (χ1) is 12.1. The summed E-state index contributed by atoms with van der Waals surface area (Å²) in [6.07, 6.45) is -0.145. The van der Waals surface area contributed by atoms with E-state index in [9.17, 15) is 19.5 Å². The summed E-state index contributed by atoms with van der Waals surface area (Å²) in [5.74, 6) is -1.65. The molecular formula is C18H15N3O4. The van der Waals surface area contributed by atoms with Crippen LogP contribution in [0.15, 0.2) is 59.4 Å². The number of carboxylic acids is 1. The number of carbonyl (C=O) groups excluding carboxylic acids is 1. The Morgan fingerprint density at radius 2 is 1.68 bits per heavy atom. The molecule has 0 unspecified atom stereocenters. The van der Waals surface area contributed by atoms with E-state index in [4.69, 9.17) is 0 Å². The van der Waals surface area contributed by atoms with E-state index in [0.29, 0.717) is 22.0 Å². The average molecular weight is 337 g/mol. The highest BCUT2D eigenvalue weighted by atomic mass is 16.4. The van der Waals surface area contributed by atoms with Crippen molar-refractivity contribution in [3.63, 3.8) is 0 Å². The second-order valence-corrected chi connectivity index (χ2v) is 5.47. The zero-order valence-electron chi connectivity index (χ0n) is 13.1. The minimum atomic E-state index is -1.15. The van der Waals surface area contributed by atoms with Gasteiger partial charge < -0.3 is 10.4 Å². The number of aromatic nitrogens is 2. The first-order valence-corrected chi connectivity index (χ1v) is 7.59. The van der Waals surface area contributed by atoms with Gasteiger partial charge in [-0.05, 0) is 11.6 Å². The number of amides is 1. The van der Waals surface area contributed by atoms with Gasteiger partial charge in [-0.25, -0.2) is 9.89 Å². The molecule has 25 heavy (non-hydrogen) atoms. The van der Waals surface area contributed by atoms with Crippen molar-refractivity contribution >= 4 is 22.6 Å². The molecule has 7 nitrogen and oxygen atoms in total. The molecule has 3 aromatic rings. The van der Waals surface area contributed by atoms with Crippen molar-refractivity contribution in [2.75, 3.05) is 0 Å². The van der Waals surface area contributed by atoms with Crippen LogP contribution < -0.4 is 10.9 Å². The maximum Gasteiger partial charge on any atom is 0.330 e. The lowest BCUT2D eigenvalue weighted by atomic mass is 10.1. The molecule has 0 saturated heterocycles. The van der Waals surface area contributed by atoms with Crippen molar-refractivity contribution in [1.82, 2.24) is 15.5 Å². The molecule has 7 heteroatoms. The predicted octanol–water partition coefficient (Wildman–Crippen LogP) is 1.41. The van der Waals surface area contributed by atoms with E-state index in [2.05, 4.69) is 15.5 Å². The first kappa shape index (κ1) is 16.4. The maximum absolute atomic E-state index is 12.3. The van der Waals surface area contributed by atoms with Crippen LogP contribution in [-0.2, 0) is 16.0 Å². The molecule has 1 amide bonds.